The summed E-state index contributed by atoms with van der Waals surface area (Å²) in [7, 11) is 1.76. The summed E-state index contributed by atoms with van der Waals surface area (Å²) in [6, 6.07) is 5.90. The molecule has 2 N–H and O–H groups in total. The number of rotatable bonds is 7. The van der Waals surface area contributed by atoms with Crippen LogP contribution in [0.5, 0.6) is 5.75 Å². The molecule has 0 aromatic heterocycles. The average molecular weight is 336 g/mol. The molecule has 0 heterocycles. The zero-order valence-electron chi connectivity index (χ0n) is 14.8. The van der Waals surface area contributed by atoms with Gasteiger partial charge in [0.05, 0.1) is 30.7 Å². The van der Waals surface area contributed by atoms with Crippen molar-refractivity contribution < 1.29 is 19.0 Å². The van der Waals surface area contributed by atoms with Crippen molar-refractivity contribution in [3.63, 3.8) is 0 Å². The van der Waals surface area contributed by atoms with E-state index < -0.39 is 6.09 Å². The molecule has 2 unspecified atom stereocenters. The van der Waals surface area contributed by atoms with Crippen LogP contribution in [0.3, 0.4) is 0 Å². The fourth-order valence-corrected chi connectivity index (χ4v) is 3.00. The second kappa shape index (κ2) is 9.37. The molecule has 1 saturated carbocycles. The molecule has 0 saturated heterocycles. The quantitative estimate of drug-likeness (QED) is 0.787. The Balaban J connectivity index is 2.13. The van der Waals surface area contributed by atoms with Crippen LogP contribution < -0.4 is 15.4 Å². The van der Waals surface area contributed by atoms with E-state index in [0.29, 0.717) is 24.9 Å². The molecule has 0 aliphatic heterocycles. The lowest BCUT2D eigenvalue weighted by molar-refractivity contribution is 0.0669. The summed E-state index contributed by atoms with van der Waals surface area (Å²) in [5, 5.41) is 6.31. The molecule has 1 aromatic rings. The third kappa shape index (κ3) is 5.30. The predicted molar refractivity (Wildman–Crippen MR) is 94.9 cm³/mol. The molecule has 1 aliphatic carbocycles. The zero-order chi connectivity index (χ0) is 17.4. The first-order valence-electron chi connectivity index (χ1n) is 8.66. The number of hydrogen-bond donors (Lipinski definition) is 2. The molecular formula is C18H28N2O4. The van der Waals surface area contributed by atoms with Gasteiger partial charge < -0.3 is 19.5 Å². The highest BCUT2D eigenvalue weighted by Crippen LogP contribution is 2.31. The van der Waals surface area contributed by atoms with E-state index in [1.165, 1.54) is 0 Å². The van der Waals surface area contributed by atoms with Crippen molar-refractivity contribution in [3.8, 4) is 5.75 Å². The van der Waals surface area contributed by atoms with Crippen LogP contribution in [-0.4, -0.2) is 38.6 Å². The number of carbonyl (C=O) groups excluding carboxylic acids is 1. The van der Waals surface area contributed by atoms with E-state index in [1.54, 1.807) is 14.0 Å². The van der Waals surface area contributed by atoms with Crippen molar-refractivity contribution in [3.05, 3.63) is 18.2 Å². The zero-order valence-corrected chi connectivity index (χ0v) is 14.8. The molecule has 1 aromatic carbocycles. The summed E-state index contributed by atoms with van der Waals surface area (Å²) in [5.41, 5.74) is 1.53. The second-order valence-electron chi connectivity index (χ2n) is 5.85. The van der Waals surface area contributed by atoms with Crippen molar-refractivity contribution in [2.24, 2.45) is 0 Å². The number of nitrogens with one attached hydrogen (secondary N) is 2. The molecule has 1 aliphatic rings. The Morgan fingerprint density at radius 2 is 2.04 bits per heavy atom. The fourth-order valence-electron chi connectivity index (χ4n) is 3.00. The standard InChI is InChI=1S/C18H28N2O4/c1-4-23-15-9-10-16(20-18(21)24-5-2)17(12-15)19-13-7-6-8-14(11-13)22-3/h9-10,12-14,19H,4-8,11H2,1-3H3,(H,20,21). The van der Waals surface area contributed by atoms with Gasteiger partial charge in [0.25, 0.3) is 0 Å². The van der Waals surface area contributed by atoms with Crippen LogP contribution in [0, 0.1) is 0 Å². The third-order valence-corrected chi connectivity index (χ3v) is 4.13. The lowest BCUT2D eigenvalue weighted by Gasteiger charge is -2.30. The molecule has 1 fully saturated rings. The largest absolute Gasteiger partial charge is 0.494 e. The molecule has 6 heteroatoms. The highest BCUT2D eigenvalue weighted by molar-refractivity contribution is 5.89. The van der Waals surface area contributed by atoms with E-state index in [1.807, 2.05) is 25.1 Å². The van der Waals surface area contributed by atoms with Crippen LogP contribution >= 0.6 is 0 Å². The van der Waals surface area contributed by atoms with Crippen LogP contribution in [0.1, 0.15) is 39.5 Å². The fraction of sp³-hybridized carbons (Fsp3) is 0.611. The van der Waals surface area contributed by atoms with Gasteiger partial charge in [-0.1, -0.05) is 0 Å². The summed E-state index contributed by atoms with van der Waals surface area (Å²) < 4.78 is 16.0. The average Bonchev–Trinajstić information content (AvgIpc) is 2.58. The van der Waals surface area contributed by atoms with Crippen molar-refractivity contribution >= 4 is 17.5 Å². The van der Waals surface area contributed by atoms with E-state index in [-0.39, 0.29) is 6.10 Å². The van der Waals surface area contributed by atoms with Crippen LogP contribution in [0.2, 0.25) is 0 Å². The number of amides is 1. The summed E-state index contributed by atoms with van der Waals surface area (Å²) >= 11 is 0. The van der Waals surface area contributed by atoms with Crippen molar-refractivity contribution in [2.75, 3.05) is 31.0 Å². The Morgan fingerprint density at radius 3 is 2.75 bits per heavy atom. The van der Waals surface area contributed by atoms with Crippen molar-refractivity contribution in [1.82, 2.24) is 0 Å². The first kappa shape index (κ1) is 18.4. The molecule has 2 atom stereocenters. The van der Waals surface area contributed by atoms with Gasteiger partial charge in [-0.25, -0.2) is 4.79 Å². The Hall–Kier alpha value is -1.95. The summed E-state index contributed by atoms with van der Waals surface area (Å²) in [6.45, 7) is 4.66. The first-order valence-corrected chi connectivity index (χ1v) is 8.66. The molecule has 134 valence electrons. The van der Waals surface area contributed by atoms with E-state index >= 15 is 0 Å². The van der Waals surface area contributed by atoms with Crippen molar-refractivity contribution in [2.45, 2.75) is 51.7 Å². The maximum atomic E-state index is 11.8. The number of hydrogen-bond acceptors (Lipinski definition) is 5. The van der Waals surface area contributed by atoms with E-state index in [4.69, 9.17) is 14.2 Å². The minimum Gasteiger partial charge on any atom is -0.494 e. The van der Waals surface area contributed by atoms with Crippen LogP contribution in [0.15, 0.2) is 18.2 Å². The van der Waals surface area contributed by atoms with Gasteiger partial charge in [0.2, 0.25) is 0 Å². The maximum absolute atomic E-state index is 11.8. The SMILES string of the molecule is CCOC(=O)Nc1ccc(OCC)cc1NC1CCCC(OC)C1. The van der Waals surface area contributed by atoms with Gasteiger partial charge in [-0.05, 0) is 51.7 Å². The van der Waals surface area contributed by atoms with E-state index in [9.17, 15) is 4.79 Å². The normalized spacial score (nSPS) is 20.3. The lowest BCUT2D eigenvalue weighted by Crippen LogP contribution is -2.31. The summed E-state index contributed by atoms with van der Waals surface area (Å²) in [6.07, 6.45) is 4.09. The monoisotopic (exact) mass is 336 g/mol. The van der Waals surface area contributed by atoms with Gasteiger partial charge >= 0.3 is 6.09 Å². The van der Waals surface area contributed by atoms with Gasteiger partial charge in [0, 0.05) is 19.2 Å². The highest BCUT2D eigenvalue weighted by atomic mass is 16.5. The van der Waals surface area contributed by atoms with Crippen LogP contribution in [-0.2, 0) is 9.47 Å². The maximum Gasteiger partial charge on any atom is 0.411 e. The minimum absolute atomic E-state index is 0.285. The Bertz CT molecular complexity index is 536. The van der Waals surface area contributed by atoms with Crippen LogP contribution in [0.25, 0.3) is 0 Å². The van der Waals surface area contributed by atoms with E-state index in [0.717, 1.165) is 37.1 Å². The van der Waals surface area contributed by atoms with E-state index in [2.05, 4.69) is 10.6 Å². The Morgan fingerprint density at radius 1 is 1.21 bits per heavy atom. The number of ether oxygens (including phenoxy) is 3. The Kier molecular flexibility index (Phi) is 7.18. The van der Waals surface area contributed by atoms with Gasteiger partial charge in [-0.15, -0.1) is 0 Å². The molecule has 0 bridgehead atoms. The predicted octanol–water partition coefficient (Wildman–Crippen LogP) is 4.02. The molecular weight excluding hydrogens is 308 g/mol. The molecule has 6 nitrogen and oxygen atoms in total. The third-order valence-electron chi connectivity index (χ3n) is 4.13. The van der Waals surface area contributed by atoms with Crippen LogP contribution in [0.4, 0.5) is 16.2 Å². The lowest BCUT2D eigenvalue weighted by atomic mass is 9.92. The second-order valence-corrected chi connectivity index (χ2v) is 5.85. The topological polar surface area (TPSA) is 68.8 Å². The van der Waals surface area contributed by atoms with Gasteiger partial charge in [0.15, 0.2) is 0 Å². The summed E-state index contributed by atoms with van der Waals surface area (Å²) in [4.78, 5) is 11.8. The number of anilines is 2. The number of methoxy groups -OCH3 is 1. The molecule has 1 amide bonds. The molecule has 24 heavy (non-hydrogen) atoms. The summed E-state index contributed by atoms with van der Waals surface area (Å²) in [5.74, 6) is 0.772. The molecule has 0 radical (unpaired) electrons. The molecule has 0 spiro atoms. The highest BCUT2D eigenvalue weighted by Gasteiger charge is 2.22. The van der Waals surface area contributed by atoms with Crippen molar-refractivity contribution in [1.29, 1.82) is 0 Å². The first-order chi connectivity index (χ1) is 11.7. The van der Waals surface area contributed by atoms with Gasteiger partial charge in [-0.3, -0.25) is 5.32 Å². The molecule has 2 rings (SSSR count). The Labute approximate surface area is 143 Å². The minimum atomic E-state index is -0.455. The van der Waals surface area contributed by atoms with Gasteiger partial charge in [-0.2, -0.15) is 0 Å². The number of carbonyl (C=O) groups is 1. The van der Waals surface area contributed by atoms with Gasteiger partial charge in [0.1, 0.15) is 5.75 Å². The number of benzene rings is 1. The smallest absolute Gasteiger partial charge is 0.411 e.